The standard InChI is InChI=1S/C28H31FN2O2S/c1-6-12-31(24(15-20-10-11-20)22-9-7-8-21(14-22)17-29)28-30-27(19(3)34-28)23-13-18(2)25(32-4)16-26(23)33-5/h1,7-9,13-14,16,20,24H,10-12,15,17H2,2-5H3/t24-/m0/s1. The summed E-state index contributed by atoms with van der Waals surface area (Å²) in [4.78, 5) is 8.37. The minimum absolute atomic E-state index is 0.0490. The fraction of sp³-hybridized carbons (Fsp3) is 0.393. The maximum Gasteiger partial charge on any atom is 0.187 e. The van der Waals surface area contributed by atoms with Crippen LogP contribution in [0.4, 0.5) is 9.52 Å². The first-order valence-electron chi connectivity index (χ1n) is 11.5. The molecule has 0 bridgehead atoms. The van der Waals surface area contributed by atoms with E-state index in [1.54, 1.807) is 25.6 Å². The van der Waals surface area contributed by atoms with Gasteiger partial charge >= 0.3 is 0 Å². The topological polar surface area (TPSA) is 34.6 Å². The molecular formula is C28H31FN2O2S. The molecular weight excluding hydrogens is 447 g/mol. The van der Waals surface area contributed by atoms with Crippen LogP contribution in [0.5, 0.6) is 11.5 Å². The van der Waals surface area contributed by atoms with Gasteiger partial charge in [0.05, 0.1) is 32.5 Å². The van der Waals surface area contributed by atoms with Crippen molar-refractivity contribution in [3.05, 3.63) is 58.0 Å². The molecule has 1 aliphatic carbocycles. The Morgan fingerprint density at radius 2 is 1.94 bits per heavy atom. The van der Waals surface area contributed by atoms with Crippen LogP contribution in [0.25, 0.3) is 11.3 Å². The van der Waals surface area contributed by atoms with Crippen LogP contribution in [0.3, 0.4) is 0 Å². The second-order valence-electron chi connectivity index (χ2n) is 8.83. The number of hydrogen-bond acceptors (Lipinski definition) is 5. The van der Waals surface area contributed by atoms with Crippen molar-refractivity contribution in [3.63, 3.8) is 0 Å². The minimum atomic E-state index is -0.476. The van der Waals surface area contributed by atoms with Gasteiger partial charge in [0, 0.05) is 16.5 Å². The zero-order valence-electron chi connectivity index (χ0n) is 20.2. The Balaban J connectivity index is 1.77. The van der Waals surface area contributed by atoms with E-state index in [-0.39, 0.29) is 6.04 Å². The van der Waals surface area contributed by atoms with E-state index in [0.717, 1.165) is 50.3 Å². The maximum atomic E-state index is 13.4. The number of anilines is 1. The highest BCUT2D eigenvalue weighted by Crippen LogP contribution is 2.45. The zero-order valence-corrected chi connectivity index (χ0v) is 21.0. The molecule has 0 aliphatic heterocycles. The van der Waals surface area contributed by atoms with E-state index in [4.69, 9.17) is 20.9 Å². The van der Waals surface area contributed by atoms with Crippen molar-refractivity contribution in [3.8, 4) is 35.1 Å². The third-order valence-corrected chi connectivity index (χ3v) is 7.39. The predicted molar refractivity (Wildman–Crippen MR) is 138 cm³/mol. The summed E-state index contributed by atoms with van der Waals surface area (Å²) in [5.41, 5.74) is 4.60. The lowest BCUT2D eigenvalue weighted by Gasteiger charge is -2.31. The largest absolute Gasteiger partial charge is 0.496 e. The number of halogens is 1. The van der Waals surface area contributed by atoms with E-state index in [2.05, 4.69) is 29.9 Å². The summed E-state index contributed by atoms with van der Waals surface area (Å²) >= 11 is 1.63. The smallest absolute Gasteiger partial charge is 0.187 e. The van der Waals surface area contributed by atoms with E-state index in [1.807, 2.05) is 31.2 Å². The van der Waals surface area contributed by atoms with Gasteiger partial charge in [-0.05, 0) is 48.9 Å². The maximum absolute atomic E-state index is 13.4. The third-order valence-electron chi connectivity index (χ3n) is 6.38. The number of alkyl halides is 1. The average molecular weight is 479 g/mol. The van der Waals surface area contributed by atoms with Gasteiger partial charge in [-0.2, -0.15) is 0 Å². The Hall–Kier alpha value is -3.04. The van der Waals surface area contributed by atoms with Crippen molar-refractivity contribution in [1.82, 2.24) is 4.98 Å². The number of benzene rings is 2. The van der Waals surface area contributed by atoms with E-state index in [9.17, 15) is 4.39 Å². The normalized spacial score (nSPS) is 13.9. The van der Waals surface area contributed by atoms with Crippen LogP contribution in [0, 0.1) is 32.1 Å². The van der Waals surface area contributed by atoms with E-state index in [0.29, 0.717) is 18.0 Å². The summed E-state index contributed by atoms with van der Waals surface area (Å²) in [6, 6.07) is 11.8. The van der Waals surface area contributed by atoms with Gasteiger partial charge in [-0.3, -0.25) is 0 Å². The number of terminal acetylenes is 1. The highest BCUT2D eigenvalue weighted by molar-refractivity contribution is 7.16. The van der Waals surface area contributed by atoms with Crippen LogP contribution in [0.1, 0.15) is 46.9 Å². The van der Waals surface area contributed by atoms with Crippen molar-refractivity contribution >= 4 is 16.5 Å². The lowest BCUT2D eigenvalue weighted by molar-refractivity contribution is 0.393. The van der Waals surface area contributed by atoms with Gasteiger partial charge in [0.2, 0.25) is 0 Å². The predicted octanol–water partition coefficient (Wildman–Crippen LogP) is 6.89. The van der Waals surface area contributed by atoms with Crippen molar-refractivity contribution in [1.29, 1.82) is 0 Å². The first-order valence-corrected chi connectivity index (χ1v) is 12.4. The van der Waals surface area contributed by atoms with Crippen molar-refractivity contribution in [2.75, 3.05) is 25.7 Å². The molecule has 1 aromatic heterocycles. The van der Waals surface area contributed by atoms with Gasteiger partial charge in [-0.15, -0.1) is 17.8 Å². The molecule has 0 amide bonds. The van der Waals surface area contributed by atoms with Crippen molar-refractivity contribution in [2.45, 2.75) is 45.8 Å². The van der Waals surface area contributed by atoms with Gasteiger partial charge in [0.25, 0.3) is 0 Å². The molecule has 4 rings (SSSR count). The minimum Gasteiger partial charge on any atom is -0.496 e. The molecule has 1 atom stereocenters. The Morgan fingerprint density at radius 1 is 1.18 bits per heavy atom. The van der Waals surface area contributed by atoms with E-state index < -0.39 is 6.67 Å². The first-order chi connectivity index (χ1) is 16.5. The molecule has 0 saturated heterocycles. The summed E-state index contributed by atoms with van der Waals surface area (Å²) in [6.07, 6.45) is 9.27. The highest BCUT2D eigenvalue weighted by Gasteiger charge is 2.32. The van der Waals surface area contributed by atoms with E-state index in [1.165, 1.54) is 12.8 Å². The van der Waals surface area contributed by atoms with Crippen LogP contribution >= 0.6 is 11.3 Å². The lowest BCUT2D eigenvalue weighted by atomic mass is 9.98. The summed E-state index contributed by atoms with van der Waals surface area (Å²) in [6.45, 7) is 4.04. The number of methoxy groups -OCH3 is 2. The molecule has 34 heavy (non-hydrogen) atoms. The van der Waals surface area contributed by atoms with Gasteiger partial charge in [-0.1, -0.05) is 43.0 Å². The quantitative estimate of drug-likeness (QED) is 0.297. The molecule has 0 radical (unpaired) electrons. The summed E-state index contributed by atoms with van der Waals surface area (Å²) in [5, 5.41) is 0.872. The number of aromatic nitrogens is 1. The zero-order chi connectivity index (χ0) is 24.2. The second-order valence-corrected chi connectivity index (χ2v) is 10.0. The van der Waals surface area contributed by atoms with E-state index >= 15 is 0 Å². The van der Waals surface area contributed by atoms with Crippen LogP contribution in [-0.2, 0) is 6.67 Å². The molecule has 0 N–H and O–H groups in total. The molecule has 4 nitrogen and oxygen atoms in total. The number of rotatable bonds is 10. The molecule has 2 aromatic carbocycles. The van der Waals surface area contributed by atoms with Gasteiger partial charge in [-0.25, -0.2) is 9.37 Å². The molecule has 1 saturated carbocycles. The van der Waals surface area contributed by atoms with Crippen molar-refractivity contribution in [2.24, 2.45) is 5.92 Å². The molecule has 1 fully saturated rings. The van der Waals surface area contributed by atoms with Gasteiger partial charge in [0.15, 0.2) is 5.13 Å². The van der Waals surface area contributed by atoms with Crippen LogP contribution in [0.2, 0.25) is 0 Å². The molecule has 3 aromatic rings. The van der Waals surface area contributed by atoms with Crippen molar-refractivity contribution < 1.29 is 13.9 Å². The Bertz CT molecular complexity index is 1200. The third kappa shape index (κ3) is 5.05. The summed E-state index contributed by atoms with van der Waals surface area (Å²) < 4.78 is 24.6. The fourth-order valence-corrected chi connectivity index (χ4v) is 5.38. The summed E-state index contributed by atoms with van der Waals surface area (Å²) in [7, 11) is 3.31. The molecule has 1 heterocycles. The number of ether oxygens (including phenoxy) is 2. The summed E-state index contributed by atoms with van der Waals surface area (Å²) in [5.74, 6) is 5.00. The van der Waals surface area contributed by atoms with Crippen LogP contribution in [0.15, 0.2) is 36.4 Å². The number of aryl methyl sites for hydroxylation is 2. The fourth-order valence-electron chi connectivity index (χ4n) is 4.40. The Morgan fingerprint density at radius 3 is 2.59 bits per heavy atom. The molecule has 0 spiro atoms. The van der Waals surface area contributed by atoms with Gasteiger partial charge < -0.3 is 14.4 Å². The van der Waals surface area contributed by atoms with Crippen LogP contribution < -0.4 is 14.4 Å². The average Bonchev–Trinajstić information content (AvgIpc) is 3.60. The first kappa shape index (κ1) is 24.1. The molecule has 1 aliphatic rings. The highest BCUT2D eigenvalue weighted by atomic mass is 32.1. The number of nitrogens with zero attached hydrogens (tertiary/aromatic N) is 2. The molecule has 178 valence electrons. The number of thiazole rings is 1. The van der Waals surface area contributed by atoms with Crippen LogP contribution in [-0.4, -0.2) is 25.7 Å². The number of hydrogen-bond donors (Lipinski definition) is 0. The Kier molecular flexibility index (Phi) is 7.43. The van der Waals surface area contributed by atoms with Gasteiger partial charge in [0.1, 0.15) is 18.2 Å². The molecule has 0 unspecified atom stereocenters. The second kappa shape index (κ2) is 10.5. The monoisotopic (exact) mass is 478 g/mol. The SMILES string of the molecule is C#CCN(c1nc(-c2cc(C)c(OC)cc2OC)c(C)s1)[C@@H](CC1CC1)c1cccc(CF)c1. The Labute approximate surface area is 205 Å². The molecule has 6 heteroatoms. The lowest BCUT2D eigenvalue weighted by Crippen LogP contribution is -2.29.